The lowest BCUT2D eigenvalue weighted by molar-refractivity contribution is 0.0502. The van der Waals surface area contributed by atoms with Crippen LogP contribution in [0.1, 0.15) is 120 Å². The highest BCUT2D eigenvalue weighted by molar-refractivity contribution is 6.16. The summed E-state index contributed by atoms with van der Waals surface area (Å²) in [5.41, 5.74) is 0.704. The van der Waals surface area contributed by atoms with Crippen LogP contribution >= 0.6 is 0 Å². The number of carbonyl (C=O) groups is 1. The van der Waals surface area contributed by atoms with Gasteiger partial charge < -0.3 is 4.74 Å². The molecule has 0 N–H and O–H groups in total. The number of fused-ring (bicyclic) bond motifs is 2. The molecule has 3 rings (SSSR count). The molecule has 2 heteroatoms. The highest BCUT2D eigenvalue weighted by Gasteiger charge is 2.15. The summed E-state index contributed by atoms with van der Waals surface area (Å²) in [7, 11) is 0. The van der Waals surface area contributed by atoms with Gasteiger partial charge in [-0.3, -0.25) is 0 Å². The molecule has 0 aliphatic rings. The Morgan fingerprint density at radius 3 is 1.43 bits per heavy atom. The predicted molar refractivity (Wildman–Crippen MR) is 151 cm³/mol. The molecule has 0 saturated heterocycles. The first-order valence-corrected chi connectivity index (χ1v) is 14.4. The number of esters is 1. The Morgan fingerprint density at radius 2 is 0.971 bits per heavy atom. The molecule has 0 fully saturated rings. The molecule has 0 aliphatic carbocycles. The second kappa shape index (κ2) is 16.3. The highest BCUT2D eigenvalue weighted by atomic mass is 16.5. The molecular weight excluding hydrogens is 428 g/mol. The average molecular weight is 475 g/mol. The Bertz CT molecular complexity index is 952. The molecule has 0 spiro atoms. The smallest absolute Gasteiger partial charge is 0.339 e. The van der Waals surface area contributed by atoms with Crippen LogP contribution in [0.25, 0.3) is 21.5 Å². The second-order valence-electron chi connectivity index (χ2n) is 10.1. The summed E-state index contributed by atoms with van der Waals surface area (Å²) >= 11 is 0. The highest BCUT2D eigenvalue weighted by Crippen LogP contribution is 2.29. The predicted octanol–water partition coefficient (Wildman–Crippen LogP) is 10.4. The van der Waals surface area contributed by atoms with Crippen molar-refractivity contribution in [2.75, 3.05) is 6.61 Å². The van der Waals surface area contributed by atoms with E-state index in [-0.39, 0.29) is 5.97 Å². The zero-order chi connectivity index (χ0) is 24.6. The maximum atomic E-state index is 13.0. The van der Waals surface area contributed by atoms with Crippen molar-refractivity contribution in [3.63, 3.8) is 0 Å². The van der Waals surface area contributed by atoms with Gasteiger partial charge in [0.25, 0.3) is 0 Å². The summed E-state index contributed by atoms with van der Waals surface area (Å²) in [6, 6.07) is 18.3. The van der Waals surface area contributed by atoms with Crippen LogP contribution in [0, 0.1) is 0 Å². The van der Waals surface area contributed by atoms with E-state index in [2.05, 4.69) is 25.1 Å². The minimum absolute atomic E-state index is 0.195. The van der Waals surface area contributed by atoms with Gasteiger partial charge in [0.05, 0.1) is 12.2 Å². The van der Waals surface area contributed by atoms with Gasteiger partial charge in [-0.15, -0.1) is 0 Å². The molecule has 0 bridgehead atoms. The molecule has 0 amide bonds. The Balaban J connectivity index is 1.24. The van der Waals surface area contributed by atoms with E-state index in [0.29, 0.717) is 12.2 Å². The van der Waals surface area contributed by atoms with Crippen molar-refractivity contribution in [2.24, 2.45) is 0 Å². The maximum Gasteiger partial charge on any atom is 0.339 e. The number of rotatable bonds is 18. The fourth-order valence-corrected chi connectivity index (χ4v) is 5.12. The minimum Gasteiger partial charge on any atom is -0.462 e. The van der Waals surface area contributed by atoms with Crippen molar-refractivity contribution in [1.29, 1.82) is 0 Å². The van der Waals surface area contributed by atoms with E-state index >= 15 is 0 Å². The van der Waals surface area contributed by atoms with Crippen LogP contribution in [0.3, 0.4) is 0 Å². The molecule has 0 atom stereocenters. The van der Waals surface area contributed by atoms with E-state index < -0.39 is 0 Å². The SMILES string of the molecule is CCCCCCCCCCCCCCCCCCOC(=O)c1c2ccccc2cc2ccccc12. The van der Waals surface area contributed by atoms with Crippen LogP contribution < -0.4 is 0 Å². The third-order valence-electron chi connectivity index (χ3n) is 7.21. The summed E-state index contributed by atoms with van der Waals surface area (Å²) < 4.78 is 5.72. The summed E-state index contributed by atoms with van der Waals surface area (Å²) in [6.45, 7) is 2.79. The normalized spacial score (nSPS) is 11.3. The molecule has 0 radical (unpaired) electrons. The van der Waals surface area contributed by atoms with Crippen molar-refractivity contribution >= 4 is 27.5 Å². The lowest BCUT2D eigenvalue weighted by Crippen LogP contribution is -2.08. The van der Waals surface area contributed by atoms with Gasteiger partial charge in [0.1, 0.15) is 0 Å². The van der Waals surface area contributed by atoms with Gasteiger partial charge in [-0.05, 0) is 34.0 Å². The van der Waals surface area contributed by atoms with E-state index in [0.717, 1.165) is 34.4 Å². The zero-order valence-corrected chi connectivity index (χ0v) is 22.0. The maximum absolute atomic E-state index is 13.0. The molecule has 3 aromatic rings. The lowest BCUT2D eigenvalue weighted by atomic mass is 9.97. The number of benzene rings is 3. The Kier molecular flexibility index (Phi) is 12.7. The van der Waals surface area contributed by atoms with Crippen molar-refractivity contribution < 1.29 is 9.53 Å². The van der Waals surface area contributed by atoms with Crippen LogP contribution in [0.5, 0.6) is 0 Å². The summed E-state index contributed by atoms with van der Waals surface area (Å²) in [5, 5.41) is 4.12. The number of hydrogen-bond donors (Lipinski definition) is 0. The van der Waals surface area contributed by atoms with E-state index in [4.69, 9.17) is 4.74 Å². The van der Waals surface area contributed by atoms with Crippen molar-refractivity contribution in [3.05, 3.63) is 60.2 Å². The van der Waals surface area contributed by atoms with Gasteiger partial charge in [0, 0.05) is 0 Å². The Labute approximate surface area is 213 Å². The summed E-state index contributed by atoms with van der Waals surface area (Å²) in [5.74, 6) is -0.195. The van der Waals surface area contributed by atoms with Crippen LogP contribution in [0.4, 0.5) is 0 Å². The van der Waals surface area contributed by atoms with Gasteiger partial charge in [-0.25, -0.2) is 4.79 Å². The van der Waals surface area contributed by atoms with Gasteiger partial charge >= 0.3 is 5.97 Å². The molecule has 190 valence electrons. The summed E-state index contributed by atoms with van der Waals surface area (Å²) in [4.78, 5) is 13.0. The molecule has 0 aliphatic heterocycles. The van der Waals surface area contributed by atoms with Gasteiger partial charge in [-0.1, -0.05) is 152 Å². The van der Waals surface area contributed by atoms with E-state index in [9.17, 15) is 4.79 Å². The first-order valence-electron chi connectivity index (χ1n) is 14.4. The third-order valence-corrected chi connectivity index (χ3v) is 7.21. The van der Waals surface area contributed by atoms with Crippen molar-refractivity contribution in [2.45, 2.75) is 110 Å². The summed E-state index contributed by atoms with van der Waals surface area (Å²) in [6.07, 6.45) is 21.5. The largest absolute Gasteiger partial charge is 0.462 e. The molecule has 3 aromatic carbocycles. The van der Waals surface area contributed by atoms with Gasteiger partial charge in [0.15, 0.2) is 0 Å². The number of carbonyl (C=O) groups excluding carboxylic acids is 1. The fraction of sp³-hybridized carbons (Fsp3) is 0.545. The molecule has 0 saturated carbocycles. The first kappa shape index (κ1) is 27.2. The second-order valence-corrected chi connectivity index (χ2v) is 10.1. The quantitative estimate of drug-likeness (QED) is 0.104. The number of ether oxygens (including phenoxy) is 1. The van der Waals surface area contributed by atoms with Gasteiger partial charge in [-0.2, -0.15) is 0 Å². The molecular formula is C33H46O2. The van der Waals surface area contributed by atoms with Crippen LogP contribution in [-0.2, 0) is 4.74 Å². The van der Waals surface area contributed by atoms with Gasteiger partial charge in [0.2, 0.25) is 0 Å². The van der Waals surface area contributed by atoms with E-state index in [1.807, 2.05) is 36.4 Å². The zero-order valence-electron chi connectivity index (χ0n) is 22.0. The van der Waals surface area contributed by atoms with Crippen LogP contribution in [-0.4, -0.2) is 12.6 Å². The topological polar surface area (TPSA) is 26.3 Å². The molecule has 0 aromatic heterocycles. The standard InChI is InChI=1S/C33H46O2/c1-2-3-4-5-6-7-8-9-10-11-12-13-14-15-16-21-26-35-33(34)32-30-24-19-17-22-28(30)27-29-23-18-20-25-31(29)32/h17-20,22-25,27H,2-16,21,26H2,1H3. The number of unbranched alkanes of at least 4 members (excludes halogenated alkanes) is 15. The minimum atomic E-state index is -0.195. The van der Waals surface area contributed by atoms with Crippen molar-refractivity contribution in [1.82, 2.24) is 0 Å². The fourth-order valence-electron chi connectivity index (χ4n) is 5.12. The molecule has 35 heavy (non-hydrogen) atoms. The Hall–Kier alpha value is -2.35. The molecule has 2 nitrogen and oxygen atoms in total. The lowest BCUT2D eigenvalue weighted by Gasteiger charge is -2.11. The average Bonchev–Trinajstić information content (AvgIpc) is 2.88. The van der Waals surface area contributed by atoms with Crippen LogP contribution in [0.15, 0.2) is 54.6 Å². The van der Waals surface area contributed by atoms with E-state index in [1.165, 1.54) is 89.9 Å². The molecule has 0 heterocycles. The molecule has 0 unspecified atom stereocenters. The van der Waals surface area contributed by atoms with Crippen molar-refractivity contribution in [3.8, 4) is 0 Å². The third kappa shape index (κ3) is 9.32. The van der Waals surface area contributed by atoms with E-state index in [1.54, 1.807) is 0 Å². The first-order chi connectivity index (χ1) is 17.3. The van der Waals surface area contributed by atoms with Crippen LogP contribution in [0.2, 0.25) is 0 Å². The monoisotopic (exact) mass is 474 g/mol. The Morgan fingerprint density at radius 1 is 0.571 bits per heavy atom. The number of hydrogen-bond acceptors (Lipinski definition) is 2.